The van der Waals surface area contributed by atoms with Gasteiger partial charge < -0.3 is 0 Å². The third-order valence-electron chi connectivity index (χ3n) is 1.43. The van der Waals surface area contributed by atoms with Crippen molar-refractivity contribution in [3.05, 3.63) is 35.4 Å². The molecule has 0 aliphatic rings. The van der Waals surface area contributed by atoms with Crippen molar-refractivity contribution in [1.82, 2.24) is 0 Å². The molecule has 0 aliphatic heterocycles. The topological polar surface area (TPSA) is 0 Å². The lowest BCUT2D eigenvalue weighted by molar-refractivity contribution is 0.737. The molecule has 0 saturated heterocycles. The first-order valence-corrected chi connectivity index (χ1v) is 5.56. The van der Waals surface area contributed by atoms with Gasteiger partial charge in [0, 0.05) is 0 Å². The summed E-state index contributed by atoms with van der Waals surface area (Å²) in [6.07, 6.45) is 0. The number of aryl methyl sites for hydroxylation is 2. The maximum atomic E-state index is 2.17. The standard InChI is InChI=1S/C8H10.C4H10.C2H6/c1-7-5-3-4-6-8(7)2;1-4(2)3;1-2/h3-6H,1-2H3;4H,1-3H3;1-2H3. The molecule has 0 nitrogen and oxygen atoms in total. The van der Waals surface area contributed by atoms with E-state index in [9.17, 15) is 0 Å². The van der Waals surface area contributed by atoms with Gasteiger partial charge in [0.2, 0.25) is 0 Å². The van der Waals surface area contributed by atoms with Gasteiger partial charge in [-0.2, -0.15) is 0 Å². The van der Waals surface area contributed by atoms with Gasteiger partial charge in [-0.05, 0) is 30.9 Å². The van der Waals surface area contributed by atoms with Crippen LogP contribution in [-0.4, -0.2) is 0 Å². The molecule has 0 amide bonds. The molecule has 0 heteroatoms. The van der Waals surface area contributed by atoms with E-state index in [1.165, 1.54) is 11.1 Å². The molecule has 14 heavy (non-hydrogen) atoms. The average molecular weight is 194 g/mol. The van der Waals surface area contributed by atoms with E-state index in [-0.39, 0.29) is 0 Å². The SMILES string of the molecule is CC.CC(C)C.Cc1ccccc1C. The van der Waals surface area contributed by atoms with Crippen LogP contribution in [0.25, 0.3) is 0 Å². The number of benzene rings is 1. The van der Waals surface area contributed by atoms with Gasteiger partial charge in [0.1, 0.15) is 0 Å². The van der Waals surface area contributed by atoms with Crippen molar-refractivity contribution < 1.29 is 0 Å². The van der Waals surface area contributed by atoms with E-state index in [1.807, 2.05) is 13.8 Å². The van der Waals surface area contributed by atoms with Crippen molar-refractivity contribution in [3.63, 3.8) is 0 Å². The van der Waals surface area contributed by atoms with Crippen molar-refractivity contribution >= 4 is 0 Å². The molecule has 0 spiro atoms. The smallest absolute Gasteiger partial charge is 0.0395 e. The molecule has 0 unspecified atom stereocenters. The van der Waals surface area contributed by atoms with Gasteiger partial charge >= 0.3 is 0 Å². The summed E-state index contributed by atoms with van der Waals surface area (Å²) in [4.78, 5) is 0. The molecule has 82 valence electrons. The molecule has 1 rings (SSSR count). The van der Waals surface area contributed by atoms with Crippen LogP contribution in [0.4, 0.5) is 0 Å². The van der Waals surface area contributed by atoms with Crippen LogP contribution in [0.2, 0.25) is 0 Å². The first kappa shape index (κ1) is 15.7. The van der Waals surface area contributed by atoms with Crippen LogP contribution in [0.3, 0.4) is 0 Å². The fourth-order valence-corrected chi connectivity index (χ4v) is 0.663. The molecule has 0 saturated carbocycles. The molecule has 0 aliphatic carbocycles. The largest absolute Gasteiger partial charge is 0.0683 e. The van der Waals surface area contributed by atoms with Gasteiger partial charge in [-0.25, -0.2) is 0 Å². The molecule has 1 aromatic rings. The summed E-state index contributed by atoms with van der Waals surface area (Å²) in [6.45, 7) is 14.7. The van der Waals surface area contributed by atoms with Crippen molar-refractivity contribution in [3.8, 4) is 0 Å². The summed E-state index contributed by atoms with van der Waals surface area (Å²) in [7, 11) is 0. The van der Waals surface area contributed by atoms with Crippen molar-refractivity contribution in [2.45, 2.75) is 48.5 Å². The number of rotatable bonds is 0. The summed E-state index contributed by atoms with van der Waals surface area (Å²) in [5, 5.41) is 0. The average Bonchev–Trinajstić information content (AvgIpc) is 2.13. The van der Waals surface area contributed by atoms with Gasteiger partial charge in [-0.1, -0.05) is 58.9 Å². The fourth-order valence-electron chi connectivity index (χ4n) is 0.663. The lowest BCUT2D eigenvalue weighted by Gasteiger charge is -1.93. The Kier molecular flexibility index (Phi) is 11.5. The van der Waals surface area contributed by atoms with E-state index >= 15 is 0 Å². The van der Waals surface area contributed by atoms with Crippen LogP contribution in [0, 0.1) is 19.8 Å². The van der Waals surface area contributed by atoms with Crippen molar-refractivity contribution in [1.29, 1.82) is 0 Å². The van der Waals surface area contributed by atoms with Crippen LogP contribution in [0.15, 0.2) is 24.3 Å². The van der Waals surface area contributed by atoms with Crippen molar-refractivity contribution in [2.75, 3.05) is 0 Å². The normalized spacial score (nSPS) is 8.29. The summed E-state index contributed by atoms with van der Waals surface area (Å²) in [6, 6.07) is 8.36. The summed E-state index contributed by atoms with van der Waals surface area (Å²) in [5.74, 6) is 0.833. The second kappa shape index (κ2) is 10.3. The zero-order valence-corrected chi connectivity index (χ0v) is 10.9. The highest BCUT2D eigenvalue weighted by molar-refractivity contribution is 5.23. The first-order valence-electron chi connectivity index (χ1n) is 5.56. The van der Waals surface area contributed by atoms with Gasteiger partial charge in [0.25, 0.3) is 0 Å². The Labute approximate surface area is 90.4 Å². The lowest BCUT2D eigenvalue weighted by atomic mass is 10.1. The van der Waals surface area contributed by atoms with E-state index in [1.54, 1.807) is 0 Å². The number of hydrogen-bond donors (Lipinski definition) is 0. The number of hydrogen-bond acceptors (Lipinski definition) is 0. The summed E-state index contributed by atoms with van der Waals surface area (Å²) in [5.41, 5.74) is 2.74. The Hall–Kier alpha value is -0.780. The molecule has 0 aromatic heterocycles. The fraction of sp³-hybridized carbons (Fsp3) is 0.571. The molecule has 0 N–H and O–H groups in total. The van der Waals surface area contributed by atoms with E-state index in [0.29, 0.717) is 0 Å². The van der Waals surface area contributed by atoms with Crippen molar-refractivity contribution in [2.24, 2.45) is 5.92 Å². The zero-order chi connectivity index (χ0) is 11.6. The Morgan fingerprint density at radius 3 is 1.14 bits per heavy atom. The maximum absolute atomic E-state index is 2.17. The molecule has 0 atom stereocenters. The molecular formula is C14H26. The Bertz CT molecular complexity index is 187. The molecule has 0 radical (unpaired) electrons. The predicted octanol–water partition coefficient (Wildman–Crippen LogP) is 4.99. The molecule has 1 aromatic carbocycles. The quantitative estimate of drug-likeness (QED) is 0.545. The van der Waals surface area contributed by atoms with E-state index in [0.717, 1.165) is 5.92 Å². The highest BCUT2D eigenvalue weighted by atomic mass is 13.9. The highest BCUT2D eigenvalue weighted by Crippen LogP contribution is 2.02. The van der Waals surface area contributed by atoms with E-state index < -0.39 is 0 Å². The molecule has 0 fully saturated rings. The monoisotopic (exact) mass is 194 g/mol. The minimum atomic E-state index is 0.833. The van der Waals surface area contributed by atoms with E-state index in [2.05, 4.69) is 58.9 Å². The van der Waals surface area contributed by atoms with Crippen LogP contribution in [0.1, 0.15) is 45.7 Å². The van der Waals surface area contributed by atoms with Gasteiger partial charge in [0.15, 0.2) is 0 Å². The minimum Gasteiger partial charge on any atom is -0.0683 e. The lowest BCUT2D eigenvalue weighted by Crippen LogP contribution is -1.74. The highest BCUT2D eigenvalue weighted by Gasteiger charge is 1.83. The first-order chi connectivity index (χ1) is 6.54. The molecule has 0 heterocycles. The third-order valence-corrected chi connectivity index (χ3v) is 1.43. The molecular weight excluding hydrogens is 168 g/mol. The summed E-state index contributed by atoms with van der Waals surface area (Å²) < 4.78 is 0. The van der Waals surface area contributed by atoms with Gasteiger partial charge in [-0.3, -0.25) is 0 Å². The summed E-state index contributed by atoms with van der Waals surface area (Å²) >= 11 is 0. The van der Waals surface area contributed by atoms with Crippen LogP contribution in [0.5, 0.6) is 0 Å². The van der Waals surface area contributed by atoms with E-state index in [4.69, 9.17) is 0 Å². The van der Waals surface area contributed by atoms with Gasteiger partial charge in [-0.15, -0.1) is 0 Å². The minimum absolute atomic E-state index is 0.833. The zero-order valence-electron chi connectivity index (χ0n) is 10.9. The van der Waals surface area contributed by atoms with Crippen LogP contribution in [-0.2, 0) is 0 Å². The Morgan fingerprint density at radius 2 is 1.00 bits per heavy atom. The Morgan fingerprint density at radius 1 is 0.786 bits per heavy atom. The molecule has 0 bridgehead atoms. The second-order valence-corrected chi connectivity index (χ2v) is 3.82. The van der Waals surface area contributed by atoms with Crippen LogP contribution < -0.4 is 0 Å². The third kappa shape index (κ3) is 11.2. The second-order valence-electron chi connectivity index (χ2n) is 3.82. The Balaban J connectivity index is 0. The van der Waals surface area contributed by atoms with Gasteiger partial charge in [0.05, 0.1) is 0 Å². The predicted molar refractivity (Wildman–Crippen MR) is 67.8 cm³/mol. The van der Waals surface area contributed by atoms with Crippen LogP contribution >= 0.6 is 0 Å². The maximum Gasteiger partial charge on any atom is -0.0395 e.